The molecule has 3 N–H and O–H groups in total. The van der Waals surface area contributed by atoms with Gasteiger partial charge in [0.1, 0.15) is 0 Å². The molecule has 0 bridgehead atoms. The third-order valence-corrected chi connectivity index (χ3v) is 2.09. The Morgan fingerprint density at radius 3 is 2.67 bits per heavy atom. The minimum Gasteiger partial charge on any atom is -0.341 e. The van der Waals surface area contributed by atoms with Crippen molar-refractivity contribution in [1.29, 1.82) is 0 Å². The SMILES string of the molecule is CNC(=O)Nc1cn2nc(NC(C)=O)ccc2n1. The third kappa shape index (κ3) is 2.54. The van der Waals surface area contributed by atoms with Crippen molar-refractivity contribution in [2.24, 2.45) is 0 Å². The van der Waals surface area contributed by atoms with Crippen molar-refractivity contribution in [3.05, 3.63) is 18.3 Å². The van der Waals surface area contributed by atoms with Gasteiger partial charge < -0.3 is 10.6 Å². The van der Waals surface area contributed by atoms with Gasteiger partial charge in [0, 0.05) is 14.0 Å². The van der Waals surface area contributed by atoms with E-state index < -0.39 is 0 Å². The average molecular weight is 248 g/mol. The van der Waals surface area contributed by atoms with Crippen LogP contribution in [0.2, 0.25) is 0 Å². The maximum Gasteiger partial charge on any atom is 0.320 e. The predicted molar refractivity (Wildman–Crippen MR) is 65.4 cm³/mol. The normalized spacial score (nSPS) is 10.1. The number of fused-ring (bicyclic) bond motifs is 1. The fraction of sp³-hybridized carbons (Fsp3) is 0.200. The third-order valence-electron chi connectivity index (χ3n) is 2.09. The molecule has 0 fully saturated rings. The molecule has 3 amide bonds. The number of carbonyl (C=O) groups is 2. The first-order chi connectivity index (χ1) is 8.58. The van der Waals surface area contributed by atoms with Gasteiger partial charge in [-0.1, -0.05) is 0 Å². The number of amides is 3. The van der Waals surface area contributed by atoms with Gasteiger partial charge in [0.2, 0.25) is 5.91 Å². The molecule has 18 heavy (non-hydrogen) atoms. The summed E-state index contributed by atoms with van der Waals surface area (Å²) in [6.07, 6.45) is 1.55. The van der Waals surface area contributed by atoms with E-state index in [9.17, 15) is 9.59 Å². The number of urea groups is 1. The average Bonchev–Trinajstić information content (AvgIpc) is 2.69. The van der Waals surface area contributed by atoms with Crippen LogP contribution in [-0.4, -0.2) is 33.6 Å². The Balaban J connectivity index is 2.27. The van der Waals surface area contributed by atoms with Crippen molar-refractivity contribution >= 4 is 29.2 Å². The van der Waals surface area contributed by atoms with E-state index in [0.29, 0.717) is 17.3 Å². The van der Waals surface area contributed by atoms with Gasteiger partial charge in [-0.15, -0.1) is 5.10 Å². The number of imidazole rings is 1. The van der Waals surface area contributed by atoms with E-state index in [1.165, 1.54) is 18.5 Å². The van der Waals surface area contributed by atoms with Crippen LogP contribution >= 0.6 is 0 Å². The van der Waals surface area contributed by atoms with Crippen LogP contribution < -0.4 is 16.0 Å². The van der Waals surface area contributed by atoms with Crippen LogP contribution in [0.4, 0.5) is 16.4 Å². The molecule has 0 atom stereocenters. The Bertz CT molecular complexity index is 605. The number of carbonyl (C=O) groups excluding carboxylic acids is 2. The van der Waals surface area contributed by atoms with Crippen LogP contribution in [0.5, 0.6) is 0 Å². The lowest BCUT2D eigenvalue weighted by Gasteiger charge is -2.00. The molecular weight excluding hydrogens is 236 g/mol. The molecule has 0 radical (unpaired) electrons. The molecule has 0 saturated heterocycles. The molecule has 94 valence electrons. The number of hydrogen-bond donors (Lipinski definition) is 3. The van der Waals surface area contributed by atoms with Gasteiger partial charge >= 0.3 is 6.03 Å². The van der Waals surface area contributed by atoms with Crippen molar-refractivity contribution in [2.45, 2.75) is 6.92 Å². The largest absolute Gasteiger partial charge is 0.341 e. The molecule has 0 aliphatic heterocycles. The van der Waals surface area contributed by atoms with Gasteiger partial charge in [0.05, 0.1) is 6.20 Å². The first kappa shape index (κ1) is 11.8. The molecule has 0 spiro atoms. The number of anilines is 2. The molecule has 2 aromatic heterocycles. The molecule has 8 heteroatoms. The Morgan fingerprint density at radius 1 is 1.22 bits per heavy atom. The first-order valence-electron chi connectivity index (χ1n) is 5.21. The zero-order valence-electron chi connectivity index (χ0n) is 9.89. The molecule has 8 nitrogen and oxygen atoms in total. The summed E-state index contributed by atoms with van der Waals surface area (Å²) in [6.45, 7) is 1.40. The Kier molecular flexibility index (Phi) is 3.09. The summed E-state index contributed by atoms with van der Waals surface area (Å²) in [5, 5.41) is 11.6. The van der Waals surface area contributed by atoms with Gasteiger partial charge in [0.25, 0.3) is 0 Å². The minimum absolute atomic E-state index is 0.203. The van der Waals surface area contributed by atoms with Crippen molar-refractivity contribution in [1.82, 2.24) is 19.9 Å². The molecule has 0 aliphatic carbocycles. The lowest BCUT2D eigenvalue weighted by atomic mass is 10.5. The zero-order valence-corrected chi connectivity index (χ0v) is 9.89. The van der Waals surface area contributed by atoms with Crippen molar-refractivity contribution in [3.8, 4) is 0 Å². The summed E-state index contributed by atoms with van der Waals surface area (Å²) in [6, 6.07) is 2.96. The van der Waals surface area contributed by atoms with Crippen LogP contribution in [0.3, 0.4) is 0 Å². The summed E-state index contributed by atoms with van der Waals surface area (Å²) in [4.78, 5) is 26.2. The number of hydrogen-bond acceptors (Lipinski definition) is 4. The zero-order chi connectivity index (χ0) is 13.1. The van der Waals surface area contributed by atoms with Crippen LogP contribution in [0.15, 0.2) is 18.3 Å². The second kappa shape index (κ2) is 4.70. The van der Waals surface area contributed by atoms with Crippen molar-refractivity contribution in [2.75, 3.05) is 17.7 Å². The molecular formula is C10H12N6O2. The summed E-state index contributed by atoms with van der Waals surface area (Å²) in [7, 11) is 1.51. The van der Waals surface area contributed by atoms with Gasteiger partial charge in [-0.2, -0.15) is 0 Å². The number of rotatable bonds is 2. The Labute approximate surface area is 102 Å². The summed E-state index contributed by atoms with van der Waals surface area (Å²) in [5.41, 5.74) is 0.565. The number of nitrogens with zero attached hydrogens (tertiary/aromatic N) is 3. The van der Waals surface area contributed by atoms with Gasteiger partial charge in [-0.3, -0.25) is 10.1 Å². The second-order valence-corrected chi connectivity index (χ2v) is 3.53. The van der Waals surface area contributed by atoms with Gasteiger partial charge in [-0.05, 0) is 12.1 Å². The summed E-state index contributed by atoms with van der Waals surface area (Å²) < 4.78 is 1.47. The molecule has 2 aromatic rings. The summed E-state index contributed by atoms with van der Waals surface area (Å²) >= 11 is 0. The fourth-order valence-corrected chi connectivity index (χ4v) is 1.37. The van der Waals surface area contributed by atoms with E-state index in [4.69, 9.17) is 0 Å². The van der Waals surface area contributed by atoms with E-state index in [-0.39, 0.29) is 11.9 Å². The monoisotopic (exact) mass is 248 g/mol. The molecule has 0 unspecified atom stereocenters. The van der Waals surface area contributed by atoms with Gasteiger partial charge in [-0.25, -0.2) is 14.3 Å². The Morgan fingerprint density at radius 2 is 2.00 bits per heavy atom. The Hall–Kier alpha value is -2.64. The van der Waals surface area contributed by atoms with Crippen molar-refractivity contribution < 1.29 is 9.59 Å². The smallest absolute Gasteiger partial charge is 0.320 e. The fourth-order valence-electron chi connectivity index (χ4n) is 1.37. The maximum atomic E-state index is 11.1. The molecule has 0 saturated carbocycles. The highest BCUT2D eigenvalue weighted by Gasteiger charge is 2.06. The lowest BCUT2D eigenvalue weighted by Crippen LogP contribution is -2.24. The molecule has 0 aliphatic rings. The van der Waals surface area contributed by atoms with Gasteiger partial charge in [0.15, 0.2) is 17.3 Å². The predicted octanol–water partition coefficient (Wildman–Crippen LogP) is 0.439. The quantitative estimate of drug-likeness (QED) is 0.717. The maximum absolute atomic E-state index is 11.1. The second-order valence-electron chi connectivity index (χ2n) is 3.53. The highest BCUT2D eigenvalue weighted by atomic mass is 16.2. The number of aromatic nitrogens is 3. The minimum atomic E-state index is -0.361. The highest BCUT2D eigenvalue weighted by Crippen LogP contribution is 2.10. The lowest BCUT2D eigenvalue weighted by molar-refractivity contribution is -0.114. The van der Waals surface area contributed by atoms with E-state index >= 15 is 0 Å². The molecule has 2 heterocycles. The van der Waals surface area contributed by atoms with Crippen LogP contribution in [-0.2, 0) is 4.79 Å². The molecule has 2 rings (SSSR count). The van der Waals surface area contributed by atoms with Crippen molar-refractivity contribution in [3.63, 3.8) is 0 Å². The van der Waals surface area contributed by atoms with Crippen LogP contribution in [0.25, 0.3) is 5.65 Å². The van der Waals surface area contributed by atoms with E-state index in [1.54, 1.807) is 18.3 Å². The van der Waals surface area contributed by atoms with Crippen LogP contribution in [0, 0.1) is 0 Å². The summed E-state index contributed by atoms with van der Waals surface area (Å²) in [5.74, 6) is 0.589. The van der Waals surface area contributed by atoms with Crippen LogP contribution in [0.1, 0.15) is 6.92 Å². The number of nitrogens with one attached hydrogen (secondary N) is 3. The van der Waals surface area contributed by atoms with E-state index in [1.807, 2.05) is 0 Å². The van der Waals surface area contributed by atoms with E-state index in [0.717, 1.165) is 0 Å². The molecule has 0 aromatic carbocycles. The topological polar surface area (TPSA) is 100 Å². The highest BCUT2D eigenvalue weighted by molar-refractivity contribution is 5.88. The van der Waals surface area contributed by atoms with E-state index in [2.05, 4.69) is 26.0 Å². The first-order valence-corrected chi connectivity index (χ1v) is 5.21. The standard InChI is InChI=1S/C10H12N6O2/c1-6(17)12-7-3-4-9-13-8(5-16(9)15-7)14-10(18)11-2/h3-5H,1-2H3,(H2,11,14,18)(H,12,15,17).